The number of benzene rings is 1. The van der Waals surface area contributed by atoms with Gasteiger partial charge in [0.15, 0.2) is 0 Å². The van der Waals surface area contributed by atoms with Crippen molar-refractivity contribution in [1.29, 1.82) is 0 Å². The molecule has 6 nitrogen and oxygen atoms in total. The van der Waals surface area contributed by atoms with E-state index in [2.05, 4.69) is 10.3 Å². The van der Waals surface area contributed by atoms with Crippen LogP contribution < -0.4 is 5.32 Å². The zero-order chi connectivity index (χ0) is 18.8. The lowest BCUT2D eigenvalue weighted by Crippen LogP contribution is -2.24. The number of aromatic nitrogens is 1. The van der Waals surface area contributed by atoms with E-state index in [-0.39, 0.29) is 11.8 Å². The van der Waals surface area contributed by atoms with Crippen molar-refractivity contribution in [3.05, 3.63) is 65.6 Å². The van der Waals surface area contributed by atoms with E-state index in [1.165, 1.54) is 0 Å². The largest absolute Gasteiger partial charge is 0.464 e. The molecule has 0 spiro atoms. The highest BCUT2D eigenvalue weighted by Crippen LogP contribution is 2.21. The molecule has 3 aromatic rings. The molecule has 0 atom stereocenters. The van der Waals surface area contributed by atoms with E-state index in [9.17, 15) is 9.59 Å². The molecule has 0 bridgehead atoms. The highest BCUT2D eigenvalue weighted by Gasteiger charge is 2.15. The van der Waals surface area contributed by atoms with Crippen LogP contribution in [0.2, 0.25) is 0 Å². The number of fused-ring (bicyclic) bond motifs is 2. The zero-order valence-electron chi connectivity index (χ0n) is 14.9. The molecule has 4 rings (SSSR count). The minimum Gasteiger partial charge on any atom is -0.464 e. The topological polar surface area (TPSA) is 75.4 Å². The minimum absolute atomic E-state index is 0.0105. The molecular formula is C21H19N3O3. The van der Waals surface area contributed by atoms with Gasteiger partial charge in [0.2, 0.25) is 11.8 Å². The summed E-state index contributed by atoms with van der Waals surface area (Å²) in [5.41, 5.74) is 3.71. The maximum Gasteiger partial charge on any atom is 0.246 e. The normalized spacial score (nSPS) is 13.6. The number of pyridine rings is 1. The van der Waals surface area contributed by atoms with Gasteiger partial charge in [-0.3, -0.25) is 9.59 Å². The van der Waals surface area contributed by atoms with E-state index in [0.717, 1.165) is 27.7 Å². The fourth-order valence-corrected chi connectivity index (χ4v) is 3.13. The van der Waals surface area contributed by atoms with Crippen molar-refractivity contribution >= 4 is 34.7 Å². The Hall–Kier alpha value is -3.41. The second-order valence-corrected chi connectivity index (χ2v) is 6.64. The van der Waals surface area contributed by atoms with Gasteiger partial charge in [-0.15, -0.1) is 0 Å². The highest BCUT2D eigenvalue weighted by atomic mass is 16.3. The number of aryl methyl sites for hydroxylation is 1. The van der Waals surface area contributed by atoms with E-state index in [0.29, 0.717) is 25.2 Å². The first-order chi connectivity index (χ1) is 13.1. The van der Waals surface area contributed by atoms with E-state index < -0.39 is 0 Å². The third-order valence-corrected chi connectivity index (χ3v) is 4.60. The van der Waals surface area contributed by atoms with Crippen molar-refractivity contribution < 1.29 is 14.0 Å². The number of likely N-dealkylation sites (N-methyl/N-ethyl adjacent to an activating group) is 1. The fraction of sp³-hybridized carbons (Fsp3) is 0.190. The Morgan fingerprint density at radius 1 is 1.30 bits per heavy atom. The number of carbonyl (C=O) groups is 2. The molecule has 2 amide bonds. The summed E-state index contributed by atoms with van der Waals surface area (Å²) in [6, 6.07) is 9.76. The smallest absolute Gasteiger partial charge is 0.246 e. The predicted molar refractivity (Wildman–Crippen MR) is 103 cm³/mol. The van der Waals surface area contributed by atoms with Crippen LogP contribution >= 0.6 is 0 Å². The van der Waals surface area contributed by atoms with E-state index in [4.69, 9.17) is 4.42 Å². The summed E-state index contributed by atoms with van der Waals surface area (Å²) in [5, 5.41) is 3.78. The van der Waals surface area contributed by atoms with Crippen LogP contribution in [-0.2, 0) is 22.6 Å². The van der Waals surface area contributed by atoms with Crippen LogP contribution in [0, 0.1) is 0 Å². The SMILES string of the molecule is CN(Cc1ccc2occc2c1)C(=O)/C=C/c1cnc2c(c1)CCC(=O)N2. The Bertz CT molecular complexity index is 1050. The number of nitrogens with zero attached hydrogens (tertiary/aromatic N) is 2. The van der Waals surface area contributed by atoms with Gasteiger partial charge in [-0.05, 0) is 53.5 Å². The number of furan rings is 1. The van der Waals surface area contributed by atoms with Crippen LogP contribution in [-0.4, -0.2) is 28.7 Å². The van der Waals surface area contributed by atoms with Gasteiger partial charge >= 0.3 is 0 Å². The van der Waals surface area contributed by atoms with Crippen LogP contribution in [0.4, 0.5) is 5.82 Å². The van der Waals surface area contributed by atoms with Gasteiger partial charge in [-0.25, -0.2) is 4.98 Å². The first kappa shape index (κ1) is 17.0. The van der Waals surface area contributed by atoms with Crippen molar-refractivity contribution in [2.45, 2.75) is 19.4 Å². The van der Waals surface area contributed by atoms with E-state index in [1.807, 2.05) is 30.3 Å². The molecule has 1 aliphatic heterocycles. The highest BCUT2D eigenvalue weighted by molar-refractivity contribution is 5.93. The number of nitrogens with one attached hydrogen (secondary N) is 1. The molecule has 0 aliphatic carbocycles. The molecule has 6 heteroatoms. The van der Waals surface area contributed by atoms with Crippen LogP contribution in [0.15, 0.2) is 53.3 Å². The van der Waals surface area contributed by atoms with E-state index in [1.54, 1.807) is 36.6 Å². The molecule has 0 unspecified atom stereocenters. The van der Waals surface area contributed by atoms with E-state index >= 15 is 0 Å². The fourth-order valence-electron chi connectivity index (χ4n) is 3.13. The number of rotatable bonds is 4. The van der Waals surface area contributed by atoms with Crippen LogP contribution in [0.5, 0.6) is 0 Å². The molecule has 136 valence electrons. The number of amides is 2. The number of hydrogen-bond acceptors (Lipinski definition) is 4. The van der Waals surface area contributed by atoms with Gasteiger partial charge < -0.3 is 14.6 Å². The second-order valence-electron chi connectivity index (χ2n) is 6.64. The average Bonchev–Trinajstić information content (AvgIpc) is 3.13. The van der Waals surface area contributed by atoms with Gasteiger partial charge in [0.05, 0.1) is 6.26 Å². The lowest BCUT2D eigenvalue weighted by atomic mass is 10.0. The van der Waals surface area contributed by atoms with Crippen LogP contribution in [0.1, 0.15) is 23.1 Å². The summed E-state index contributed by atoms with van der Waals surface area (Å²) in [6.07, 6.45) is 7.73. The summed E-state index contributed by atoms with van der Waals surface area (Å²) in [6.45, 7) is 0.513. The standard InChI is InChI=1S/C21H19N3O3/c1-24(13-15-2-5-18-16(11-15)8-9-27-18)20(26)7-3-14-10-17-4-6-19(25)23-21(17)22-12-14/h2-3,5,7-12H,4,6,13H2,1H3,(H,22,23,25)/b7-3+. The van der Waals surface area contributed by atoms with Crippen molar-refractivity contribution in [1.82, 2.24) is 9.88 Å². The Morgan fingerprint density at radius 2 is 2.19 bits per heavy atom. The monoisotopic (exact) mass is 361 g/mol. The summed E-state index contributed by atoms with van der Waals surface area (Å²) < 4.78 is 5.34. The molecule has 0 saturated carbocycles. The number of carbonyl (C=O) groups excluding carboxylic acids is 2. The summed E-state index contributed by atoms with van der Waals surface area (Å²) in [5.74, 6) is 0.513. The van der Waals surface area contributed by atoms with Crippen LogP contribution in [0.3, 0.4) is 0 Å². The van der Waals surface area contributed by atoms with Gasteiger partial charge in [-0.1, -0.05) is 6.07 Å². The third kappa shape index (κ3) is 3.74. The van der Waals surface area contributed by atoms with Crippen LogP contribution in [0.25, 0.3) is 17.0 Å². The first-order valence-electron chi connectivity index (χ1n) is 8.76. The summed E-state index contributed by atoms with van der Waals surface area (Å²) in [7, 11) is 1.77. The quantitative estimate of drug-likeness (QED) is 0.723. The molecule has 2 aromatic heterocycles. The van der Waals surface area contributed by atoms with Crippen molar-refractivity contribution in [3.63, 3.8) is 0 Å². The molecule has 1 aromatic carbocycles. The Morgan fingerprint density at radius 3 is 3.07 bits per heavy atom. The molecule has 3 heterocycles. The zero-order valence-corrected chi connectivity index (χ0v) is 14.9. The maximum atomic E-state index is 12.4. The molecular weight excluding hydrogens is 342 g/mol. The Balaban J connectivity index is 1.42. The predicted octanol–water partition coefficient (Wildman–Crippen LogP) is 3.38. The lowest BCUT2D eigenvalue weighted by molar-refractivity contribution is -0.125. The van der Waals surface area contributed by atoms with Gasteiger partial charge in [0.1, 0.15) is 11.4 Å². The Labute approximate surface area is 156 Å². The minimum atomic E-state index is -0.0895. The molecule has 27 heavy (non-hydrogen) atoms. The lowest BCUT2D eigenvalue weighted by Gasteiger charge is -2.16. The molecule has 0 fully saturated rings. The van der Waals surface area contributed by atoms with Gasteiger partial charge in [-0.2, -0.15) is 0 Å². The average molecular weight is 361 g/mol. The summed E-state index contributed by atoms with van der Waals surface area (Å²) in [4.78, 5) is 29.7. The number of anilines is 1. The second kappa shape index (κ2) is 7.07. The van der Waals surface area contributed by atoms with Gasteiger partial charge in [0, 0.05) is 37.7 Å². The van der Waals surface area contributed by atoms with Crippen molar-refractivity contribution in [2.75, 3.05) is 12.4 Å². The van der Waals surface area contributed by atoms with Gasteiger partial charge in [0.25, 0.3) is 0 Å². The maximum absolute atomic E-state index is 12.4. The molecule has 0 radical (unpaired) electrons. The number of hydrogen-bond donors (Lipinski definition) is 1. The van der Waals surface area contributed by atoms with Crippen molar-refractivity contribution in [2.24, 2.45) is 0 Å². The Kier molecular flexibility index (Phi) is 4.46. The first-order valence-corrected chi connectivity index (χ1v) is 8.76. The summed E-state index contributed by atoms with van der Waals surface area (Å²) >= 11 is 0. The molecule has 1 aliphatic rings. The van der Waals surface area contributed by atoms with Crippen molar-refractivity contribution in [3.8, 4) is 0 Å². The molecule has 0 saturated heterocycles. The third-order valence-electron chi connectivity index (χ3n) is 4.60. The molecule has 1 N–H and O–H groups in total.